The van der Waals surface area contributed by atoms with Gasteiger partial charge in [0.1, 0.15) is 13.2 Å². The lowest BCUT2D eigenvalue weighted by Crippen LogP contribution is -2.30. The fraction of sp³-hybridized carbons (Fsp3) is 0.948. The first-order valence-corrected chi connectivity index (χ1v) is 28.9. The molecule has 0 rings (SSSR count). The van der Waals surface area contributed by atoms with Crippen LogP contribution in [0, 0.1) is 5.92 Å². The molecular formula is C58H112O6. The minimum atomic E-state index is -0.761. The molecule has 0 saturated heterocycles. The molecule has 6 heteroatoms. The molecule has 380 valence electrons. The lowest BCUT2D eigenvalue weighted by molar-refractivity contribution is -0.167. The predicted octanol–water partition coefficient (Wildman–Crippen LogP) is 19.0. The number of carbonyl (C=O) groups is 3. The van der Waals surface area contributed by atoms with Crippen molar-refractivity contribution in [1.29, 1.82) is 0 Å². The third kappa shape index (κ3) is 51.4. The van der Waals surface area contributed by atoms with E-state index in [-0.39, 0.29) is 31.1 Å². The molecule has 0 fully saturated rings. The molecule has 0 aromatic carbocycles. The summed E-state index contributed by atoms with van der Waals surface area (Å²) in [5.74, 6) is 0.0114. The van der Waals surface area contributed by atoms with Crippen LogP contribution in [-0.2, 0) is 28.6 Å². The van der Waals surface area contributed by atoms with Gasteiger partial charge in [-0.2, -0.15) is 0 Å². The van der Waals surface area contributed by atoms with Crippen LogP contribution in [0.25, 0.3) is 0 Å². The van der Waals surface area contributed by atoms with E-state index in [1.807, 2.05) is 0 Å². The summed E-state index contributed by atoms with van der Waals surface area (Å²) < 4.78 is 16.9. The van der Waals surface area contributed by atoms with Gasteiger partial charge in [-0.05, 0) is 25.2 Å². The minimum Gasteiger partial charge on any atom is -0.462 e. The highest BCUT2D eigenvalue weighted by molar-refractivity contribution is 5.71. The number of hydrogen-bond donors (Lipinski definition) is 0. The van der Waals surface area contributed by atoms with Gasteiger partial charge in [0, 0.05) is 19.3 Å². The van der Waals surface area contributed by atoms with Gasteiger partial charge in [-0.25, -0.2) is 0 Å². The third-order valence-electron chi connectivity index (χ3n) is 13.3. The topological polar surface area (TPSA) is 78.9 Å². The molecule has 0 spiro atoms. The third-order valence-corrected chi connectivity index (χ3v) is 13.3. The monoisotopic (exact) mass is 905 g/mol. The molecular weight excluding hydrogens is 793 g/mol. The zero-order valence-corrected chi connectivity index (χ0v) is 43.8. The maximum absolute atomic E-state index is 12.8. The van der Waals surface area contributed by atoms with Crippen molar-refractivity contribution < 1.29 is 28.6 Å². The highest BCUT2D eigenvalue weighted by Gasteiger charge is 2.19. The molecule has 0 aliphatic carbocycles. The van der Waals surface area contributed by atoms with E-state index in [2.05, 4.69) is 27.7 Å². The lowest BCUT2D eigenvalue weighted by Gasteiger charge is -2.18. The van der Waals surface area contributed by atoms with Gasteiger partial charge in [0.2, 0.25) is 0 Å². The summed E-state index contributed by atoms with van der Waals surface area (Å²) in [4.78, 5) is 38.1. The highest BCUT2D eigenvalue weighted by atomic mass is 16.6. The Labute approximate surface area is 399 Å². The molecule has 0 aromatic rings. The fourth-order valence-corrected chi connectivity index (χ4v) is 8.92. The van der Waals surface area contributed by atoms with E-state index < -0.39 is 6.10 Å². The Kier molecular flexibility index (Phi) is 51.1. The van der Waals surface area contributed by atoms with E-state index in [0.29, 0.717) is 19.3 Å². The van der Waals surface area contributed by atoms with Crippen LogP contribution in [-0.4, -0.2) is 37.2 Å². The molecule has 6 nitrogen and oxygen atoms in total. The maximum Gasteiger partial charge on any atom is 0.306 e. The molecule has 0 heterocycles. The van der Waals surface area contributed by atoms with Crippen LogP contribution in [0.4, 0.5) is 0 Å². The number of unbranched alkanes of at least 4 members (excludes halogenated alkanes) is 40. The summed E-state index contributed by atoms with van der Waals surface area (Å²) in [7, 11) is 0. The summed E-state index contributed by atoms with van der Waals surface area (Å²) in [5, 5.41) is 0. The Morgan fingerprint density at radius 1 is 0.297 bits per heavy atom. The van der Waals surface area contributed by atoms with Crippen molar-refractivity contribution in [1.82, 2.24) is 0 Å². The Hall–Kier alpha value is -1.59. The van der Waals surface area contributed by atoms with Crippen LogP contribution >= 0.6 is 0 Å². The summed E-state index contributed by atoms with van der Waals surface area (Å²) >= 11 is 0. The lowest BCUT2D eigenvalue weighted by atomic mass is 10.0. The van der Waals surface area contributed by atoms with E-state index in [0.717, 1.165) is 63.7 Å². The van der Waals surface area contributed by atoms with Crippen molar-refractivity contribution >= 4 is 17.9 Å². The van der Waals surface area contributed by atoms with Crippen LogP contribution in [0.1, 0.15) is 329 Å². The smallest absolute Gasteiger partial charge is 0.306 e. The fourth-order valence-electron chi connectivity index (χ4n) is 8.92. The van der Waals surface area contributed by atoms with Crippen LogP contribution in [0.15, 0.2) is 0 Å². The Morgan fingerprint density at radius 2 is 0.516 bits per heavy atom. The van der Waals surface area contributed by atoms with Gasteiger partial charge in [-0.15, -0.1) is 0 Å². The average molecular weight is 906 g/mol. The highest BCUT2D eigenvalue weighted by Crippen LogP contribution is 2.18. The molecule has 1 atom stereocenters. The van der Waals surface area contributed by atoms with Gasteiger partial charge in [0.05, 0.1) is 0 Å². The van der Waals surface area contributed by atoms with Crippen LogP contribution in [0.3, 0.4) is 0 Å². The van der Waals surface area contributed by atoms with Gasteiger partial charge in [0.25, 0.3) is 0 Å². The van der Waals surface area contributed by atoms with Gasteiger partial charge in [0.15, 0.2) is 6.10 Å². The number of ether oxygens (including phenoxy) is 3. The SMILES string of the molecule is CCCCCCCCCCCCCCCCCCCCC(=O)OC[C@H](COC(=O)CCCCCCCCCCCCCCCCCC(C)C)OC(=O)CCCCCCCCCCCC. The van der Waals surface area contributed by atoms with Crippen LogP contribution in [0.2, 0.25) is 0 Å². The molecule has 0 aromatic heterocycles. The average Bonchev–Trinajstić information content (AvgIpc) is 3.28. The Bertz CT molecular complexity index is 964. The normalized spacial score (nSPS) is 12.0. The second-order valence-corrected chi connectivity index (χ2v) is 20.4. The molecule has 0 aliphatic heterocycles. The van der Waals surface area contributed by atoms with Crippen molar-refractivity contribution in [2.75, 3.05) is 13.2 Å². The summed E-state index contributed by atoms with van der Waals surface area (Å²) in [5.41, 5.74) is 0. The van der Waals surface area contributed by atoms with Crippen LogP contribution in [0.5, 0.6) is 0 Å². The van der Waals surface area contributed by atoms with Crippen LogP contribution < -0.4 is 0 Å². The Balaban J connectivity index is 4.20. The number of carbonyl (C=O) groups excluding carboxylic acids is 3. The van der Waals surface area contributed by atoms with E-state index in [1.54, 1.807) is 0 Å². The second-order valence-electron chi connectivity index (χ2n) is 20.4. The first-order chi connectivity index (χ1) is 31.4. The van der Waals surface area contributed by atoms with E-state index in [9.17, 15) is 14.4 Å². The molecule has 0 N–H and O–H groups in total. The first-order valence-electron chi connectivity index (χ1n) is 28.9. The van der Waals surface area contributed by atoms with Gasteiger partial charge in [-0.3, -0.25) is 14.4 Å². The Morgan fingerprint density at radius 3 is 0.766 bits per heavy atom. The quantitative estimate of drug-likeness (QED) is 0.0344. The maximum atomic E-state index is 12.8. The van der Waals surface area contributed by atoms with Crippen molar-refractivity contribution in [2.45, 2.75) is 336 Å². The van der Waals surface area contributed by atoms with E-state index in [1.165, 1.54) is 225 Å². The molecule has 0 radical (unpaired) electrons. The largest absolute Gasteiger partial charge is 0.462 e. The van der Waals surface area contributed by atoms with Crippen molar-refractivity contribution in [3.8, 4) is 0 Å². The molecule has 0 aliphatic rings. The first kappa shape index (κ1) is 62.4. The van der Waals surface area contributed by atoms with E-state index >= 15 is 0 Å². The van der Waals surface area contributed by atoms with Gasteiger partial charge in [-0.1, -0.05) is 291 Å². The summed E-state index contributed by atoms with van der Waals surface area (Å²) in [6, 6.07) is 0. The molecule has 0 unspecified atom stereocenters. The second kappa shape index (κ2) is 52.4. The number of hydrogen-bond acceptors (Lipinski definition) is 6. The molecule has 0 amide bonds. The van der Waals surface area contributed by atoms with E-state index in [4.69, 9.17) is 14.2 Å². The zero-order chi connectivity index (χ0) is 46.7. The van der Waals surface area contributed by atoms with Gasteiger partial charge >= 0.3 is 17.9 Å². The van der Waals surface area contributed by atoms with Gasteiger partial charge < -0.3 is 14.2 Å². The summed E-state index contributed by atoms with van der Waals surface area (Å²) in [6.07, 6.45) is 56.7. The number of rotatable bonds is 53. The van der Waals surface area contributed by atoms with Crippen molar-refractivity contribution in [3.63, 3.8) is 0 Å². The molecule has 0 saturated carbocycles. The number of esters is 3. The predicted molar refractivity (Wildman–Crippen MR) is 275 cm³/mol. The zero-order valence-electron chi connectivity index (χ0n) is 43.8. The summed E-state index contributed by atoms with van der Waals surface area (Å²) in [6.45, 7) is 9.06. The minimum absolute atomic E-state index is 0.0620. The van der Waals surface area contributed by atoms with Crippen molar-refractivity contribution in [2.24, 2.45) is 5.92 Å². The van der Waals surface area contributed by atoms with Crippen molar-refractivity contribution in [3.05, 3.63) is 0 Å². The standard InChI is InChI=1S/C58H112O6/c1-5-7-9-11-13-15-17-18-19-20-21-24-27-30-34-37-41-45-49-56(59)62-52-55(64-58(61)51-47-43-39-33-16-14-12-10-8-6-2)53-63-57(60)50-46-42-38-35-31-28-25-22-23-26-29-32-36-40-44-48-54(3)4/h54-55H,5-53H2,1-4H3/t55-/m1/s1. The molecule has 0 bridgehead atoms. The molecule has 64 heavy (non-hydrogen) atoms.